The molecule has 0 unspecified atom stereocenters. The first kappa shape index (κ1) is 13.9. The fraction of sp³-hybridized carbons (Fsp3) is 0.875. The van der Waals surface area contributed by atoms with Crippen molar-refractivity contribution < 1.29 is 0 Å². The molecule has 2 aliphatic carbocycles. The van der Waals surface area contributed by atoms with Crippen LogP contribution in [0.25, 0.3) is 0 Å². The minimum Gasteiger partial charge on any atom is -0.279 e. The molecular formula is C16H28N4. The highest BCUT2D eigenvalue weighted by molar-refractivity contribution is 6.16. The molecular weight excluding hydrogens is 248 g/mol. The van der Waals surface area contributed by atoms with E-state index < -0.39 is 0 Å². The van der Waals surface area contributed by atoms with Crippen LogP contribution < -0.4 is 0 Å². The monoisotopic (exact) mass is 276 g/mol. The van der Waals surface area contributed by atoms with Crippen molar-refractivity contribution in [1.82, 2.24) is 9.80 Å². The fourth-order valence-electron chi connectivity index (χ4n) is 4.13. The van der Waals surface area contributed by atoms with Crippen LogP contribution in [-0.2, 0) is 0 Å². The summed E-state index contributed by atoms with van der Waals surface area (Å²) in [7, 11) is 3.88. The Hall–Kier alpha value is -1.06. The second-order valence-electron chi connectivity index (χ2n) is 6.37. The predicted molar refractivity (Wildman–Crippen MR) is 84.1 cm³/mol. The van der Waals surface area contributed by atoms with Crippen molar-refractivity contribution in [1.29, 1.82) is 0 Å². The highest BCUT2D eigenvalue weighted by Crippen LogP contribution is 2.34. The number of aliphatic imine (C=N–C) groups is 2. The molecule has 0 radical (unpaired) electrons. The van der Waals surface area contributed by atoms with E-state index in [9.17, 15) is 0 Å². The molecule has 4 nitrogen and oxygen atoms in total. The first-order chi connectivity index (χ1) is 9.86. The fourth-order valence-corrected chi connectivity index (χ4v) is 4.13. The molecule has 1 aliphatic heterocycles. The maximum atomic E-state index is 4.59. The van der Waals surface area contributed by atoms with Gasteiger partial charge in [0.05, 0.1) is 0 Å². The molecule has 0 atom stereocenters. The van der Waals surface area contributed by atoms with Crippen LogP contribution in [0.4, 0.5) is 0 Å². The largest absolute Gasteiger partial charge is 0.279 e. The molecule has 1 saturated heterocycles. The van der Waals surface area contributed by atoms with E-state index in [1.807, 2.05) is 14.1 Å². The number of hydrogen-bond acceptors (Lipinski definition) is 2. The van der Waals surface area contributed by atoms with E-state index >= 15 is 0 Å². The minimum absolute atomic E-state index is 0.640. The molecule has 0 N–H and O–H groups in total. The molecule has 2 saturated carbocycles. The lowest BCUT2D eigenvalue weighted by Crippen LogP contribution is -2.71. The number of rotatable bonds is 2. The topological polar surface area (TPSA) is 31.2 Å². The van der Waals surface area contributed by atoms with E-state index in [0.717, 1.165) is 0 Å². The lowest BCUT2D eigenvalue weighted by molar-refractivity contribution is 0.193. The Morgan fingerprint density at radius 3 is 1.30 bits per heavy atom. The van der Waals surface area contributed by atoms with Crippen LogP contribution in [0, 0.1) is 0 Å². The van der Waals surface area contributed by atoms with Gasteiger partial charge in [-0.05, 0) is 25.7 Å². The third-order valence-corrected chi connectivity index (χ3v) is 5.14. The lowest BCUT2D eigenvalue weighted by atomic mass is 9.91. The van der Waals surface area contributed by atoms with Crippen molar-refractivity contribution in [2.45, 2.75) is 76.3 Å². The van der Waals surface area contributed by atoms with Crippen LogP contribution in [-0.4, -0.2) is 47.9 Å². The lowest BCUT2D eigenvalue weighted by Gasteiger charge is -2.54. The zero-order valence-corrected chi connectivity index (χ0v) is 13.0. The Kier molecular flexibility index (Phi) is 4.27. The van der Waals surface area contributed by atoms with Crippen molar-refractivity contribution >= 4 is 11.9 Å². The summed E-state index contributed by atoms with van der Waals surface area (Å²) in [6.45, 7) is 0. The molecule has 1 heterocycles. The third-order valence-electron chi connectivity index (χ3n) is 5.14. The van der Waals surface area contributed by atoms with Crippen molar-refractivity contribution in [2.75, 3.05) is 14.1 Å². The molecule has 0 aromatic carbocycles. The third kappa shape index (κ3) is 2.33. The number of guanidine groups is 2. The smallest absolute Gasteiger partial charge is 0.210 e. The average molecular weight is 276 g/mol. The van der Waals surface area contributed by atoms with Gasteiger partial charge >= 0.3 is 0 Å². The summed E-state index contributed by atoms with van der Waals surface area (Å²) >= 11 is 0. The van der Waals surface area contributed by atoms with Crippen LogP contribution in [0.2, 0.25) is 0 Å². The molecule has 112 valence electrons. The minimum atomic E-state index is 0.640. The molecule has 0 aromatic heterocycles. The second kappa shape index (κ2) is 6.15. The van der Waals surface area contributed by atoms with Crippen LogP contribution in [0.5, 0.6) is 0 Å². The van der Waals surface area contributed by atoms with E-state index in [4.69, 9.17) is 0 Å². The van der Waals surface area contributed by atoms with Gasteiger partial charge in [0.25, 0.3) is 0 Å². The van der Waals surface area contributed by atoms with Gasteiger partial charge in [-0.3, -0.25) is 19.8 Å². The molecule has 0 bridgehead atoms. The van der Waals surface area contributed by atoms with E-state index in [-0.39, 0.29) is 0 Å². The van der Waals surface area contributed by atoms with Gasteiger partial charge in [0.2, 0.25) is 11.9 Å². The molecule has 3 aliphatic rings. The Bertz CT molecular complexity index is 339. The van der Waals surface area contributed by atoms with Gasteiger partial charge in [0.15, 0.2) is 0 Å². The van der Waals surface area contributed by atoms with Crippen LogP contribution in [0.15, 0.2) is 9.98 Å². The van der Waals surface area contributed by atoms with Crippen molar-refractivity contribution in [2.24, 2.45) is 9.98 Å². The van der Waals surface area contributed by atoms with Crippen LogP contribution >= 0.6 is 0 Å². The highest BCUT2D eigenvalue weighted by Gasteiger charge is 2.46. The Labute approximate surface area is 123 Å². The molecule has 0 spiro atoms. The van der Waals surface area contributed by atoms with E-state index in [0.29, 0.717) is 12.1 Å². The Morgan fingerprint density at radius 2 is 1.00 bits per heavy atom. The molecule has 4 heteroatoms. The second-order valence-corrected chi connectivity index (χ2v) is 6.37. The van der Waals surface area contributed by atoms with Gasteiger partial charge in [0.1, 0.15) is 0 Å². The summed E-state index contributed by atoms with van der Waals surface area (Å²) in [5.74, 6) is 2.37. The summed E-state index contributed by atoms with van der Waals surface area (Å²) in [6, 6.07) is 1.28. The zero-order chi connectivity index (χ0) is 13.9. The van der Waals surface area contributed by atoms with Gasteiger partial charge in [-0.2, -0.15) is 0 Å². The van der Waals surface area contributed by atoms with Crippen LogP contribution in [0.1, 0.15) is 64.2 Å². The van der Waals surface area contributed by atoms with Crippen molar-refractivity contribution in [3.05, 3.63) is 0 Å². The summed E-state index contributed by atoms with van der Waals surface area (Å²) in [5, 5.41) is 0. The molecule has 3 fully saturated rings. The predicted octanol–water partition coefficient (Wildman–Crippen LogP) is 3.24. The van der Waals surface area contributed by atoms with Gasteiger partial charge in [-0.25, -0.2) is 0 Å². The SMILES string of the molecule is CN=C1N(C2CCCCC2)C(=NC)N1C1CCCCC1. The summed E-state index contributed by atoms with van der Waals surface area (Å²) in [6.07, 6.45) is 13.4. The quantitative estimate of drug-likeness (QED) is 0.775. The van der Waals surface area contributed by atoms with Crippen LogP contribution in [0.3, 0.4) is 0 Å². The standard InChI is InChI=1S/C16H28N4/c1-17-15-19(13-9-5-3-6-10-13)16(18-2)20(15)14-11-7-4-8-12-14/h13-14H,3-12H2,1-2H3. The maximum absolute atomic E-state index is 4.59. The number of nitrogens with zero attached hydrogens (tertiary/aromatic N) is 4. The number of hydrogen-bond donors (Lipinski definition) is 0. The summed E-state index contributed by atoms with van der Waals surface area (Å²) in [5.41, 5.74) is 0. The zero-order valence-electron chi connectivity index (χ0n) is 13.0. The van der Waals surface area contributed by atoms with Gasteiger partial charge in [-0.15, -0.1) is 0 Å². The van der Waals surface area contributed by atoms with Gasteiger partial charge in [0, 0.05) is 26.2 Å². The Morgan fingerprint density at radius 1 is 0.650 bits per heavy atom. The van der Waals surface area contributed by atoms with Crippen molar-refractivity contribution in [3.63, 3.8) is 0 Å². The molecule has 0 amide bonds. The van der Waals surface area contributed by atoms with Gasteiger partial charge < -0.3 is 0 Å². The van der Waals surface area contributed by atoms with E-state index in [1.165, 1.54) is 76.1 Å². The summed E-state index contributed by atoms with van der Waals surface area (Å²) < 4.78 is 0. The maximum Gasteiger partial charge on any atom is 0.210 e. The Balaban J connectivity index is 1.76. The summed E-state index contributed by atoms with van der Waals surface area (Å²) in [4.78, 5) is 14.0. The average Bonchev–Trinajstić information content (AvgIpc) is 2.49. The van der Waals surface area contributed by atoms with Crippen molar-refractivity contribution in [3.8, 4) is 0 Å². The van der Waals surface area contributed by atoms with Gasteiger partial charge in [-0.1, -0.05) is 38.5 Å². The van der Waals surface area contributed by atoms with E-state index in [2.05, 4.69) is 19.8 Å². The normalized spacial score (nSPS) is 25.7. The highest BCUT2D eigenvalue weighted by atomic mass is 15.6. The first-order valence-corrected chi connectivity index (χ1v) is 8.39. The molecule has 20 heavy (non-hydrogen) atoms. The van der Waals surface area contributed by atoms with E-state index in [1.54, 1.807) is 0 Å². The molecule has 0 aromatic rings. The molecule has 3 rings (SSSR count). The first-order valence-electron chi connectivity index (χ1n) is 8.39.